The van der Waals surface area contributed by atoms with E-state index < -0.39 is 0 Å². The molecule has 21 heavy (non-hydrogen) atoms. The lowest BCUT2D eigenvalue weighted by Crippen LogP contribution is -2.39. The molecule has 1 unspecified atom stereocenters. The molecule has 1 atom stereocenters. The molecule has 5 heteroatoms. The molecular weight excluding hydrogens is 284 g/mol. The van der Waals surface area contributed by atoms with Gasteiger partial charge in [0.2, 0.25) is 5.91 Å². The molecule has 2 amide bonds. The van der Waals surface area contributed by atoms with E-state index in [-0.39, 0.29) is 11.8 Å². The smallest absolute Gasteiger partial charge is 0.253 e. The van der Waals surface area contributed by atoms with Crippen molar-refractivity contribution in [2.75, 3.05) is 24.2 Å². The maximum absolute atomic E-state index is 12.6. The second kappa shape index (κ2) is 6.10. The minimum absolute atomic E-state index is 0.0254. The summed E-state index contributed by atoms with van der Waals surface area (Å²) in [5.41, 5.74) is 1.45. The number of hydrogen-bond donors (Lipinski definition) is 1. The monoisotopic (exact) mass is 304 g/mol. The topological polar surface area (TPSA) is 49.4 Å². The van der Waals surface area contributed by atoms with E-state index in [1.165, 1.54) is 6.42 Å². The van der Waals surface area contributed by atoms with E-state index in [0.29, 0.717) is 17.9 Å². The SMILES string of the molecule is CC1CCCN(C(=O)c2ccc3c(c2)NC(=O)CCS3)C1. The highest BCUT2D eigenvalue weighted by Gasteiger charge is 2.23. The molecule has 1 aromatic rings. The summed E-state index contributed by atoms with van der Waals surface area (Å²) in [6, 6.07) is 5.66. The summed E-state index contributed by atoms with van der Waals surface area (Å²) in [6.07, 6.45) is 2.79. The quantitative estimate of drug-likeness (QED) is 0.867. The van der Waals surface area contributed by atoms with Crippen LogP contribution in [0.5, 0.6) is 0 Å². The molecule has 1 aromatic carbocycles. The molecule has 0 spiro atoms. The Labute approximate surface area is 129 Å². The summed E-state index contributed by atoms with van der Waals surface area (Å²) in [4.78, 5) is 27.2. The fourth-order valence-corrected chi connectivity index (χ4v) is 3.85. The van der Waals surface area contributed by atoms with Gasteiger partial charge < -0.3 is 10.2 Å². The number of hydrogen-bond acceptors (Lipinski definition) is 3. The van der Waals surface area contributed by atoms with Gasteiger partial charge in [0.1, 0.15) is 0 Å². The number of fused-ring (bicyclic) bond motifs is 1. The molecule has 0 bridgehead atoms. The van der Waals surface area contributed by atoms with Crippen molar-refractivity contribution in [3.63, 3.8) is 0 Å². The predicted octanol–water partition coefficient (Wildman–Crippen LogP) is 2.99. The number of amides is 2. The third kappa shape index (κ3) is 3.23. The number of thioether (sulfide) groups is 1. The Balaban J connectivity index is 1.82. The molecule has 3 rings (SSSR count). The summed E-state index contributed by atoms with van der Waals surface area (Å²) in [5, 5.41) is 2.90. The van der Waals surface area contributed by atoms with Gasteiger partial charge in [0.25, 0.3) is 5.91 Å². The predicted molar refractivity (Wildman–Crippen MR) is 84.7 cm³/mol. The van der Waals surface area contributed by atoms with Crippen molar-refractivity contribution in [2.45, 2.75) is 31.1 Å². The zero-order valence-corrected chi connectivity index (χ0v) is 13.0. The van der Waals surface area contributed by atoms with Gasteiger partial charge in [-0.2, -0.15) is 0 Å². The first kappa shape index (κ1) is 14.4. The third-order valence-corrected chi connectivity index (χ3v) is 5.11. The molecule has 1 saturated heterocycles. The fourth-order valence-electron chi connectivity index (χ4n) is 2.91. The van der Waals surface area contributed by atoms with Crippen LogP contribution in [0.1, 0.15) is 36.5 Å². The first-order chi connectivity index (χ1) is 10.1. The van der Waals surface area contributed by atoms with Crippen LogP contribution in [-0.4, -0.2) is 35.6 Å². The Morgan fingerprint density at radius 1 is 1.43 bits per heavy atom. The number of nitrogens with zero attached hydrogens (tertiary/aromatic N) is 1. The van der Waals surface area contributed by atoms with Crippen LogP contribution in [0.4, 0.5) is 5.69 Å². The van der Waals surface area contributed by atoms with Crippen LogP contribution in [0.15, 0.2) is 23.1 Å². The number of likely N-dealkylation sites (tertiary alicyclic amines) is 1. The molecule has 2 heterocycles. The summed E-state index contributed by atoms with van der Waals surface area (Å²) < 4.78 is 0. The largest absolute Gasteiger partial charge is 0.338 e. The summed E-state index contributed by atoms with van der Waals surface area (Å²) >= 11 is 1.66. The first-order valence-corrected chi connectivity index (χ1v) is 8.48. The maximum atomic E-state index is 12.6. The average Bonchev–Trinajstić information content (AvgIpc) is 2.66. The van der Waals surface area contributed by atoms with Crippen molar-refractivity contribution in [1.82, 2.24) is 4.90 Å². The number of anilines is 1. The lowest BCUT2D eigenvalue weighted by atomic mass is 9.99. The van der Waals surface area contributed by atoms with E-state index in [1.54, 1.807) is 11.8 Å². The van der Waals surface area contributed by atoms with Gasteiger partial charge in [0, 0.05) is 35.7 Å². The van der Waals surface area contributed by atoms with Gasteiger partial charge in [-0.15, -0.1) is 11.8 Å². The van der Waals surface area contributed by atoms with Gasteiger partial charge in [0.15, 0.2) is 0 Å². The zero-order chi connectivity index (χ0) is 14.8. The lowest BCUT2D eigenvalue weighted by Gasteiger charge is -2.31. The van der Waals surface area contributed by atoms with Crippen LogP contribution < -0.4 is 5.32 Å². The Bertz CT molecular complexity index is 573. The van der Waals surface area contributed by atoms with Gasteiger partial charge in [0.05, 0.1) is 5.69 Å². The van der Waals surface area contributed by atoms with Crippen molar-refractivity contribution in [1.29, 1.82) is 0 Å². The molecule has 4 nitrogen and oxygen atoms in total. The molecule has 1 N–H and O–H groups in total. The molecule has 0 aliphatic carbocycles. The Morgan fingerprint density at radius 2 is 2.29 bits per heavy atom. The molecule has 112 valence electrons. The van der Waals surface area contributed by atoms with Crippen LogP contribution >= 0.6 is 11.8 Å². The van der Waals surface area contributed by atoms with E-state index >= 15 is 0 Å². The Hall–Kier alpha value is -1.49. The second-order valence-electron chi connectivity index (χ2n) is 5.86. The minimum Gasteiger partial charge on any atom is -0.338 e. The van der Waals surface area contributed by atoms with Gasteiger partial charge >= 0.3 is 0 Å². The van der Waals surface area contributed by atoms with Crippen LogP contribution in [0.3, 0.4) is 0 Å². The van der Waals surface area contributed by atoms with Gasteiger partial charge in [-0.1, -0.05) is 6.92 Å². The Kier molecular flexibility index (Phi) is 4.19. The number of rotatable bonds is 1. The summed E-state index contributed by atoms with van der Waals surface area (Å²) in [5.74, 6) is 1.46. The van der Waals surface area contributed by atoms with Crippen molar-refractivity contribution < 1.29 is 9.59 Å². The molecule has 0 saturated carbocycles. The van der Waals surface area contributed by atoms with Crippen molar-refractivity contribution in [2.24, 2.45) is 5.92 Å². The second-order valence-corrected chi connectivity index (χ2v) is 6.99. The van der Waals surface area contributed by atoms with Crippen molar-refractivity contribution in [3.05, 3.63) is 23.8 Å². The summed E-state index contributed by atoms with van der Waals surface area (Å²) in [7, 11) is 0. The summed E-state index contributed by atoms with van der Waals surface area (Å²) in [6.45, 7) is 3.85. The molecule has 0 radical (unpaired) electrons. The zero-order valence-electron chi connectivity index (χ0n) is 12.2. The molecular formula is C16H20N2O2S. The van der Waals surface area contributed by atoms with E-state index in [2.05, 4.69) is 12.2 Å². The fraction of sp³-hybridized carbons (Fsp3) is 0.500. The minimum atomic E-state index is 0.0254. The van der Waals surface area contributed by atoms with Crippen LogP contribution in [0, 0.1) is 5.92 Å². The van der Waals surface area contributed by atoms with E-state index in [1.807, 2.05) is 23.1 Å². The molecule has 2 aliphatic heterocycles. The number of benzene rings is 1. The number of piperidine rings is 1. The highest BCUT2D eigenvalue weighted by atomic mass is 32.2. The lowest BCUT2D eigenvalue weighted by molar-refractivity contribution is -0.115. The molecule has 1 fully saturated rings. The average molecular weight is 304 g/mol. The number of nitrogens with one attached hydrogen (secondary N) is 1. The number of carbonyl (C=O) groups excluding carboxylic acids is 2. The van der Waals surface area contributed by atoms with Crippen molar-refractivity contribution in [3.8, 4) is 0 Å². The van der Waals surface area contributed by atoms with E-state index in [9.17, 15) is 9.59 Å². The highest BCUT2D eigenvalue weighted by molar-refractivity contribution is 7.99. The first-order valence-electron chi connectivity index (χ1n) is 7.49. The molecule has 0 aromatic heterocycles. The van der Waals surface area contributed by atoms with E-state index in [0.717, 1.165) is 35.8 Å². The van der Waals surface area contributed by atoms with Gasteiger partial charge in [-0.05, 0) is 37.0 Å². The number of carbonyl (C=O) groups is 2. The standard InChI is InChI=1S/C16H20N2O2S/c1-11-3-2-7-18(10-11)16(20)12-4-5-14-13(9-12)17-15(19)6-8-21-14/h4-5,9,11H,2-3,6-8,10H2,1H3,(H,17,19). The van der Waals surface area contributed by atoms with Crippen LogP contribution in [-0.2, 0) is 4.79 Å². The molecule has 2 aliphatic rings. The normalized spacial score (nSPS) is 22.2. The maximum Gasteiger partial charge on any atom is 0.253 e. The van der Waals surface area contributed by atoms with Crippen LogP contribution in [0.25, 0.3) is 0 Å². The van der Waals surface area contributed by atoms with Gasteiger partial charge in [-0.25, -0.2) is 0 Å². The third-order valence-electron chi connectivity index (χ3n) is 4.03. The van der Waals surface area contributed by atoms with E-state index in [4.69, 9.17) is 0 Å². The Morgan fingerprint density at radius 3 is 3.10 bits per heavy atom. The van der Waals surface area contributed by atoms with Crippen LogP contribution in [0.2, 0.25) is 0 Å². The highest BCUT2D eigenvalue weighted by Crippen LogP contribution is 2.32. The van der Waals surface area contributed by atoms with Crippen molar-refractivity contribution >= 4 is 29.3 Å². The van der Waals surface area contributed by atoms with Gasteiger partial charge in [-0.3, -0.25) is 9.59 Å².